The highest BCUT2D eigenvalue weighted by molar-refractivity contribution is 5.92. The van der Waals surface area contributed by atoms with Gasteiger partial charge < -0.3 is 25.4 Å². The third-order valence-corrected chi connectivity index (χ3v) is 5.24. The number of aromatic hydroxyl groups is 1. The molecule has 1 aromatic rings. The number of nitrogens with one attached hydrogen (secondary N) is 2. The van der Waals surface area contributed by atoms with E-state index in [2.05, 4.69) is 24.5 Å². The van der Waals surface area contributed by atoms with Crippen molar-refractivity contribution in [3.63, 3.8) is 0 Å². The predicted octanol–water partition coefficient (Wildman–Crippen LogP) is 4.67. The van der Waals surface area contributed by atoms with Crippen LogP contribution in [0.4, 0.5) is 4.79 Å². The quantitative estimate of drug-likeness (QED) is 0.358. The van der Waals surface area contributed by atoms with Crippen LogP contribution >= 0.6 is 0 Å². The number of hydrogen-bond acceptors (Lipinski definition) is 5. The van der Waals surface area contributed by atoms with Gasteiger partial charge in [0.15, 0.2) is 0 Å². The molecule has 3 N–H and O–H groups in total. The van der Waals surface area contributed by atoms with E-state index in [0.29, 0.717) is 18.7 Å². The van der Waals surface area contributed by atoms with Gasteiger partial charge in [0, 0.05) is 13.1 Å². The van der Waals surface area contributed by atoms with E-state index in [1.54, 1.807) is 39.8 Å². The molecule has 34 heavy (non-hydrogen) atoms. The van der Waals surface area contributed by atoms with Crippen molar-refractivity contribution in [2.45, 2.75) is 97.8 Å². The summed E-state index contributed by atoms with van der Waals surface area (Å²) in [5, 5.41) is 15.3. The van der Waals surface area contributed by atoms with Gasteiger partial charge in [-0.2, -0.15) is 0 Å². The normalized spacial score (nSPS) is 13.0. The second kappa shape index (κ2) is 14.5. The first-order valence-corrected chi connectivity index (χ1v) is 12.4. The Labute approximate surface area is 204 Å². The van der Waals surface area contributed by atoms with Crippen molar-refractivity contribution >= 4 is 17.9 Å². The van der Waals surface area contributed by atoms with Gasteiger partial charge in [-0.3, -0.25) is 9.59 Å². The van der Waals surface area contributed by atoms with E-state index in [1.165, 1.54) is 17.0 Å². The fourth-order valence-corrected chi connectivity index (χ4v) is 3.51. The first-order valence-electron chi connectivity index (χ1n) is 12.4. The van der Waals surface area contributed by atoms with E-state index in [1.807, 2.05) is 0 Å². The molecule has 0 fully saturated rings. The van der Waals surface area contributed by atoms with Crippen LogP contribution in [0.3, 0.4) is 0 Å². The molecule has 0 saturated heterocycles. The zero-order chi connectivity index (χ0) is 25.7. The summed E-state index contributed by atoms with van der Waals surface area (Å²) in [6, 6.07) is 4.54. The molecule has 8 heteroatoms. The summed E-state index contributed by atoms with van der Waals surface area (Å²) in [6.45, 7) is 11.9. The Kier molecular flexibility index (Phi) is 12.5. The largest absolute Gasteiger partial charge is 0.508 e. The predicted molar refractivity (Wildman–Crippen MR) is 133 cm³/mol. The topological polar surface area (TPSA) is 108 Å². The van der Waals surface area contributed by atoms with Crippen molar-refractivity contribution in [3.8, 4) is 5.75 Å². The molecular formula is C26H43N3O5. The Bertz CT molecular complexity index is 774. The summed E-state index contributed by atoms with van der Waals surface area (Å²) in [7, 11) is 0. The van der Waals surface area contributed by atoms with E-state index in [-0.39, 0.29) is 17.6 Å². The highest BCUT2D eigenvalue weighted by Crippen LogP contribution is 2.25. The van der Waals surface area contributed by atoms with Crippen molar-refractivity contribution in [1.82, 2.24) is 15.5 Å². The lowest BCUT2D eigenvalue weighted by Gasteiger charge is -2.33. The van der Waals surface area contributed by atoms with Crippen molar-refractivity contribution < 1.29 is 24.2 Å². The Hall–Kier alpha value is -2.77. The highest BCUT2D eigenvalue weighted by atomic mass is 16.6. The number of amides is 3. The number of phenolic OH excluding ortho intramolecular Hbond substituents is 1. The van der Waals surface area contributed by atoms with Gasteiger partial charge >= 0.3 is 6.09 Å². The third kappa shape index (κ3) is 10.4. The van der Waals surface area contributed by atoms with Gasteiger partial charge in [-0.15, -0.1) is 0 Å². The van der Waals surface area contributed by atoms with Crippen molar-refractivity contribution in [1.29, 1.82) is 0 Å². The van der Waals surface area contributed by atoms with Gasteiger partial charge in [0.2, 0.25) is 11.8 Å². The number of rotatable bonds is 13. The van der Waals surface area contributed by atoms with Crippen LogP contribution in [0.5, 0.6) is 5.75 Å². The molecule has 3 amide bonds. The summed E-state index contributed by atoms with van der Waals surface area (Å²) in [4.78, 5) is 40.6. The fraction of sp³-hybridized carbons (Fsp3) is 0.654. The van der Waals surface area contributed by atoms with Crippen LogP contribution in [0.25, 0.3) is 0 Å². The zero-order valence-corrected chi connectivity index (χ0v) is 21.6. The van der Waals surface area contributed by atoms with Crippen molar-refractivity contribution in [3.05, 3.63) is 29.8 Å². The maximum Gasteiger partial charge on any atom is 0.408 e. The van der Waals surface area contributed by atoms with E-state index >= 15 is 0 Å². The number of phenols is 1. The first-order chi connectivity index (χ1) is 16.0. The minimum absolute atomic E-state index is 0.0784. The number of hydrogen-bond donors (Lipinski definition) is 3. The Balaban J connectivity index is 3.20. The molecule has 0 aromatic heterocycles. The van der Waals surface area contributed by atoms with E-state index in [0.717, 1.165) is 38.5 Å². The lowest BCUT2D eigenvalue weighted by molar-refractivity contribution is -0.142. The summed E-state index contributed by atoms with van der Waals surface area (Å²) in [5.41, 5.74) is -0.0965. The Morgan fingerprint density at radius 2 is 1.59 bits per heavy atom. The molecule has 0 aliphatic rings. The summed E-state index contributed by atoms with van der Waals surface area (Å²) in [6.07, 6.45) is 4.78. The number of alkyl carbamates (subject to hydrolysis) is 1. The van der Waals surface area contributed by atoms with Crippen molar-refractivity contribution in [2.24, 2.45) is 0 Å². The third-order valence-electron chi connectivity index (χ3n) is 5.24. The summed E-state index contributed by atoms with van der Waals surface area (Å²) < 4.78 is 5.29. The van der Waals surface area contributed by atoms with E-state index in [9.17, 15) is 19.5 Å². The van der Waals surface area contributed by atoms with Crippen LogP contribution in [0.1, 0.15) is 91.7 Å². The van der Waals surface area contributed by atoms with Gasteiger partial charge in [0.1, 0.15) is 23.4 Å². The molecule has 2 unspecified atom stereocenters. The molecule has 0 heterocycles. The number of nitrogens with zero attached hydrogens (tertiary/aromatic N) is 1. The average molecular weight is 478 g/mol. The van der Waals surface area contributed by atoms with Gasteiger partial charge in [0.25, 0.3) is 0 Å². The summed E-state index contributed by atoms with van der Waals surface area (Å²) in [5.74, 6) is -0.575. The molecule has 0 saturated carbocycles. The maximum absolute atomic E-state index is 13.5. The first kappa shape index (κ1) is 29.3. The number of ether oxygens (including phenoxy) is 1. The molecule has 0 radical (unpaired) electrons. The standard InChI is InChI=1S/C26H43N3O5/c1-7-9-11-17-27-23(31)22(20-13-15-21(30)16-14-20)29(18-12-10-8-2)24(32)19(3)28-25(33)34-26(4,5)6/h13-16,19,22,30H,7-12,17-18H2,1-6H3,(H,27,31)(H,28,33). The van der Waals surface area contributed by atoms with Crippen LogP contribution in [-0.2, 0) is 14.3 Å². The fourth-order valence-electron chi connectivity index (χ4n) is 3.51. The molecule has 2 atom stereocenters. The van der Waals surface area contributed by atoms with Crippen molar-refractivity contribution in [2.75, 3.05) is 13.1 Å². The molecule has 0 aliphatic heterocycles. The second-order valence-corrected chi connectivity index (χ2v) is 9.60. The minimum atomic E-state index is -0.885. The van der Waals surface area contributed by atoms with Gasteiger partial charge in [-0.25, -0.2) is 4.79 Å². The maximum atomic E-state index is 13.5. The molecule has 0 aliphatic carbocycles. The van der Waals surface area contributed by atoms with Gasteiger partial charge in [-0.05, 0) is 58.2 Å². The SMILES string of the molecule is CCCCCNC(=O)C(c1ccc(O)cc1)N(CCCCC)C(=O)C(C)NC(=O)OC(C)(C)C. The lowest BCUT2D eigenvalue weighted by atomic mass is 10.0. The van der Waals surface area contributed by atoms with Gasteiger partial charge in [-0.1, -0.05) is 51.7 Å². The van der Waals surface area contributed by atoms with Crippen LogP contribution in [0, 0.1) is 0 Å². The number of carbonyl (C=O) groups excluding carboxylic acids is 3. The highest BCUT2D eigenvalue weighted by Gasteiger charge is 2.34. The van der Waals surface area contributed by atoms with Crippen LogP contribution in [-0.4, -0.2) is 52.6 Å². The monoisotopic (exact) mass is 477 g/mol. The molecular weight excluding hydrogens is 434 g/mol. The van der Waals surface area contributed by atoms with Crippen LogP contribution in [0.2, 0.25) is 0 Å². The van der Waals surface area contributed by atoms with E-state index < -0.39 is 23.8 Å². The number of unbranched alkanes of at least 4 members (excludes halogenated alkanes) is 4. The average Bonchev–Trinajstić information content (AvgIpc) is 2.75. The Morgan fingerprint density at radius 3 is 2.15 bits per heavy atom. The number of benzene rings is 1. The zero-order valence-electron chi connectivity index (χ0n) is 21.6. The molecule has 0 spiro atoms. The lowest BCUT2D eigenvalue weighted by Crippen LogP contribution is -2.52. The molecule has 1 aromatic carbocycles. The van der Waals surface area contributed by atoms with Crippen LogP contribution in [0.15, 0.2) is 24.3 Å². The second-order valence-electron chi connectivity index (χ2n) is 9.60. The van der Waals surface area contributed by atoms with E-state index in [4.69, 9.17) is 4.74 Å². The Morgan fingerprint density at radius 1 is 1.00 bits per heavy atom. The minimum Gasteiger partial charge on any atom is -0.508 e. The smallest absolute Gasteiger partial charge is 0.408 e. The van der Waals surface area contributed by atoms with Crippen LogP contribution < -0.4 is 10.6 Å². The molecule has 1 rings (SSSR count). The molecule has 8 nitrogen and oxygen atoms in total. The number of carbonyl (C=O) groups is 3. The molecule has 0 bridgehead atoms. The molecule has 192 valence electrons. The van der Waals surface area contributed by atoms with Gasteiger partial charge in [0.05, 0.1) is 0 Å². The summed E-state index contributed by atoms with van der Waals surface area (Å²) >= 11 is 0.